The number of benzene rings is 2. The maximum Gasteiger partial charge on any atom is 0.339 e. The summed E-state index contributed by atoms with van der Waals surface area (Å²) in [5.74, 6) is -1.16. The van der Waals surface area contributed by atoms with Crippen LogP contribution in [0.2, 0.25) is 0 Å². The van der Waals surface area contributed by atoms with Crippen molar-refractivity contribution in [3.05, 3.63) is 54.1 Å². The normalized spacial score (nSPS) is 15.3. The number of hydrogen-bond donors (Lipinski definition) is 1. The van der Waals surface area contributed by atoms with Gasteiger partial charge in [0.25, 0.3) is 5.91 Å². The van der Waals surface area contributed by atoms with Gasteiger partial charge in [-0.2, -0.15) is 0 Å². The van der Waals surface area contributed by atoms with Gasteiger partial charge in [-0.15, -0.1) is 11.8 Å². The molecule has 0 unspecified atom stereocenters. The average molecular weight is 456 g/mol. The number of para-hydroxylation sites is 2. The second-order valence-electron chi connectivity index (χ2n) is 7.53. The van der Waals surface area contributed by atoms with E-state index in [-0.39, 0.29) is 29.6 Å². The highest BCUT2D eigenvalue weighted by atomic mass is 32.2. The summed E-state index contributed by atoms with van der Waals surface area (Å²) >= 11 is 1.24. The van der Waals surface area contributed by atoms with Gasteiger partial charge in [-0.05, 0) is 31.2 Å². The maximum absolute atomic E-state index is 13.0. The summed E-state index contributed by atoms with van der Waals surface area (Å²) in [6, 6.07) is 13.4. The molecule has 32 heavy (non-hydrogen) atoms. The SMILES string of the molecule is C[C@@H]1CC(=O)Nc2ccccc2N1C(=O)COC(=O)c1ccccc1SCC(=O)N(C)C. The number of anilines is 2. The molecule has 1 N–H and O–H groups in total. The minimum atomic E-state index is -0.649. The fourth-order valence-electron chi connectivity index (χ4n) is 3.27. The lowest BCUT2D eigenvalue weighted by atomic mass is 10.1. The Labute approximate surface area is 190 Å². The molecule has 0 bridgehead atoms. The van der Waals surface area contributed by atoms with Crippen LogP contribution in [-0.2, 0) is 19.1 Å². The molecule has 0 saturated carbocycles. The summed E-state index contributed by atoms with van der Waals surface area (Å²) in [6.07, 6.45) is 0.133. The smallest absolute Gasteiger partial charge is 0.339 e. The molecule has 0 aliphatic carbocycles. The van der Waals surface area contributed by atoms with E-state index >= 15 is 0 Å². The molecule has 9 heteroatoms. The number of fused-ring (bicyclic) bond motifs is 1. The molecule has 168 valence electrons. The van der Waals surface area contributed by atoms with E-state index in [1.807, 2.05) is 0 Å². The predicted molar refractivity (Wildman–Crippen MR) is 123 cm³/mol. The molecule has 2 aromatic carbocycles. The first-order chi connectivity index (χ1) is 15.3. The van der Waals surface area contributed by atoms with Crippen LogP contribution in [0.1, 0.15) is 23.7 Å². The van der Waals surface area contributed by atoms with Crippen molar-refractivity contribution in [2.45, 2.75) is 24.3 Å². The van der Waals surface area contributed by atoms with Crippen molar-refractivity contribution in [2.24, 2.45) is 0 Å². The molecular weight excluding hydrogens is 430 g/mol. The molecule has 2 aromatic rings. The van der Waals surface area contributed by atoms with Gasteiger partial charge in [0, 0.05) is 31.5 Å². The molecule has 1 heterocycles. The van der Waals surface area contributed by atoms with Gasteiger partial charge >= 0.3 is 5.97 Å². The molecule has 3 rings (SSSR count). The number of rotatable bonds is 6. The highest BCUT2D eigenvalue weighted by Crippen LogP contribution is 2.31. The van der Waals surface area contributed by atoms with Gasteiger partial charge in [-0.1, -0.05) is 24.3 Å². The average Bonchev–Trinajstić information content (AvgIpc) is 2.89. The summed E-state index contributed by atoms with van der Waals surface area (Å²) in [5.41, 5.74) is 1.39. The van der Waals surface area contributed by atoms with Crippen LogP contribution < -0.4 is 10.2 Å². The van der Waals surface area contributed by atoms with Crippen molar-refractivity contribution in [3.63, 3.8) is 0 Å². The van der Waals surface area contributed by atoms with Crippen LogP contribution in [0.15, 0.2) is 53.4 Å². The van der Waals surface area contributed by atoms with Crippen LogP contribution in [0.25, 0.3) is 0 Å². The third-order valence-corrected chi connectivity index (χ3v) is 5.97. The zero-order chi connectivity index (χ0) is 23.3. The molecule has 3 amide bonds. The Morgan fingerprint density at radius 2 is 1.81 bits per heavy atom. The number of ether oxygens (including phenoxy) is 1. The monoisotopic (exact) mass is 455 g/mol. The van der Waals surface area contributed by atoms with E-state index in [0.29, 0.717) is 16.3 Å². The third-order valence-electron chi connectivity index (χ3n) is 4.91. The minimum Gasteiger partial charge on any atom is -0.452 e. The molecule has 0 radical (unpaired) electrons. The lowest BCUT2D eigenvalue weighted by molar-refractivity contribution is -0.126. The molecule has 0 aromatic heterocycles. The number of esters is 1. The topological polar surface area (TPSA) is 96.0 Å². The van der Waals surface area contributed by atoms with Crippen molar-refractivity contribution in [1.29, 1.82) is 0 Å². The van der Waals surface area contributed by atoms with E-state index in [0.717, 1.165) is 0 Å². The number of nitrogens with zero attached hydrogens (tertiary/aromatic N) is 2. The van der Waals surface area contributed by atoms with Crippen LogP contribution in [-0.4, -0.2) is 61.1 Å². The Balaban J connectivity index is 1.71. The number of carbonyl (C=O) groups is 4. The highest BCUT2D eigenvalue weighted by molar-refractivity contribution is 8.00. The Hall–Kier alpha value is -3.33. The second kappa shape index (κ2) is 10.3. The van der Waals surface area contributed by atoms with E-state index < -0.39 is 24.5 Å². The Morgan fingerprint density at radius 3 is 2.56 bits per heavy atom. The summed E-state index contributed by atoms with van der Waals surface area (Å²) in [5, 5.41) is 2.79. The van der Waals surface area contributed by atoms with Crippen LogP contribution in [0.4, 0.5) is 11.4 Å². The molecule has 8 nitrogen and oxygen atoms in total. The van der Waals surface area contributed by atoms with Crippen LogP contribution in [0.5, 0.6) is 0 Å². The first-order valence-electron chi connectivity index (χ1n) is 10.1. The zero-order valence-electron chi connectivity index (χ0n) is 18.2. The fourth-order valence-corrected chi connectivity index (χ4v) is 4.29. The molecule has 0 spiro atoms. The van der Waals surface area contributed by atoms with Crippen LogP contribution in [0, 0.1) is 0 Å². The Bertz CT molecular complexity index is 1040. The quantitative estimate of drug-likeness (QED) is 0.532. The van der Waals surface area contributed by atoms with Crippen LogP contribution >= 0.6 is 11.8 Å². The van der Waals surface area contributed by atoms with E-state index in [4.69, 9.17) is 4.74 Å². The van der Waals surface area contributed by atoms with Gasteiger partial charge in [0.15, 0.2) is 6.61 Å². The van der Waals surface area contributed by atoms with Crippen molar-refractivity contribution >= 4 is 46.8 Å². The maximum atomic E-state index is 13.0. The lowest BCUT2D eigenvalue weighted by Gasteiger charge is -2.27. The van der Waals surface area contributed by atoms with Crippen molar-refractivity contribution in [2.75, 3.05) is 36.7 Å². The van der Waals surface area contributed by atoms with E-state index in [2.05, 4.69) is 5.32 Å². The van der Waals surface area contributed by atoms with E-state index in [1.165, 1.54) is 21.6 Å². The second-order valence-corrected chi connectivity index (χ2v) is 8.55. The van der Waals surface area contributed by atoms with E-state index in [1.54, 1.807) is 69.6 Å². The molecular formula is C23H25N3O5S. The summed E-state index contributed by atoms with van der Waals surface area (Å²) in [7, 11) is 3.33. The van der Waals surface area contributed by atoms with Gasteiger partial charge in [-0.25, -0.2) is 4.79 Å². The molecule has 0 fully saturated rings. The summed E-state index contributed by atoms with van der Waals surface area (Å²) < 4.78 is 5.32. The number of amides is 3. The zero-order valence-corrected chi connectivity index (χ0v) is 19.0. The first-order valence-corrected chi connectivity index (χ1v) is 11.1. The van der Waals surface area contributed by atoms with Gasteiger partial charge in [0.2, 0.25) is 11.8 Å². The lowest BCUT2D eigenvalue weighted by Crippen LogP contribution is -2.41. The van der Waals surface area contributed by atoms with Gasteiger partial charge in [-0.3, -0.25) is 14.4 Å². The van der Waals surface area contributed by atoms with Crippen molar-refractivity contribution < 1.29 is 23.9 Å². The number of hydrogen-bond acceptors (Lipinski definition) is 6. The predicted octanol–water partition coefficient (Wildman–Crippen LogP) is 2.79. The third kappa shape index (κ3) is 5.47. The number of carbonyl (C=O) groups excluding carboxylic acids is 4. The minimum absolute atomic E-state index is 0.0784. The van der Waals surface area contributed by atoms with Gasteiger partial charge in [0.1, 0.15) is 0 Å². The largest absolute Gasteiger partial charge is 0.452 e. The summed E-state index contributed by atoms with van der Waals surface area (Å²) in [6.45, 7) is 1.30. The van der Waals surface area contributed by atoms with E-state index in [9.17, 15) is 19.2 Å². The molecule has 1 atom stereocenters. The Morgan fingerprint density at radius 1 is 1.12 bits per heavy atom. The molecule has 0 saturated heterocycles. The van der Waals surface area contributed by atoms with Crippen molar-refractivity contribution in [1.82, 2.24) is 4.90 Å². The van der Waals surface area contributed by atoms with Gasteiger partial charge < -0.3 is 19.9 Å². The highest BCUT2D eigenvalue weighted by Gasteiger charge is 2.30. The van der Waals surface area contributed by atoms with Crippen LogP contribution in [0.3, 0.4) is 0 Å². The molecule has 1 aliphatic rings. The molecule has 1 aliphatic heterocycles. The Kier molecular flexibility index (Phi) is 7.53. The number of thioether (sulfide) groups is 1. The first kappa shape index (κ1) is 23.3. The van der Waals surface area contributed by atoms with Crippen molar-refractivity contribution in [3.8, 4) is 0 Å². The summed E-state index contributed by atoms with van der Waals surface area (Å²) in [4.78, 5) is 53.2. The van der Waals surface area contributed by atoms with Gasteiger partial charge in [0.05, 0.1) is 22.7 Å². The standard InChI is InChI=1S/C23H25N3O5S/c1-15-12-20(27)24-17-9-5-6-10-18(17)26(15)21(28)13-31-23(30)16-8-4-7-11-19(16)32-14-22(29)25(2)3/h4-11,15H,12-14H2,1-3H3,(H,24,27)/t15-/m1/s1. The number of nitrogens with one attached hydrogen (secondary N) is 1. The fraction of sp³-hybridized carbons (Fsp3) is 0.304.